The molecule has 0 radical (unpaired) electrons. The van der Waals surface area contributed by atoms with E-state index >= 15 is 0 Å². The molecule has 0 fully saturated rings. The van der Waals surface area contributed by atoms with E-state index in [1.165, 1.54) is 29.4 Å². The molecule has 1 heterocycles. The highest BCUT2D eigenvalue weighted by atomic mass is 32.2. The lowest BCUT2D eigenvalue weighted by Crippen LogP contribution is -2.50. The van der Waals surface area contributed by atoms with Gasteiger partial charge in [-0.3, -0.25) is 14.8 Å². The maximum Gasteiger partial charge on any atom is 0.264 e. The Morgan fingerprint density at radius 3 is 2.53 bits per heavy atom. The average Bonchev–Trinajstić information content (AvgIpc) is 3.01. The molecule has 0 spiro atoms. The van der Waals surface area contributed by atoms with Crippen LogP contribution in [0.25, 0.3) is 11.1 Å². The van der Waals surface area contributed by atoms with Crippen LogP contribution in [0.4, 0.5) is 8.78 Å². The van der Waals surface area contributed by atoms with Crippen LogP contribution in [0, 0.1) is 11.6 Å². The predicted molar refractivity (Wildman–Crippen MR) is 104 cm³/mol. The third kappa shape index (κ3) is 3.80. The van der Waals surface area contributed by atoms with E-state index in [0.717, 1.165) is 24.5 Å². The number of sulfone groups is 1. The zero-order valence-electron chi connectivity index (χ0n) is 16.3. The van der Waals surface area contributed by atoms with E-state index in [-0.39, 0.29) is 31.0 Å². The van der Waals surface area contributed by atoms with E-state index in [1.807, 2.05) is 0 Å². The molecule has 0 aromatic heterocycles. The average molecular weight is 438 g/mol. The largest absolute Gasteiger partial charge is 0.334 e. The summed E-state index contributed by atoms with van der Waals surface area (Å²) in [5.41, 5.74) is 2.77. The number of carbonyl (C=O) groups excluding carboxylic acids is 2. The molecule has 0 saturated carbocycles. The summed E-state index contributed by atoms with van der Waals surface area (Å²) in [5.74, 6) is -2.64. The van der Waals surface area contributed by atoms with Crippen LogP contribution in [0.3, 0.4) is 0 Å². The molecule has 2 N–H and O–H groups in total. The van der Waals surface area contributed by atoms with Gasteiger partial charge >= 0.3 is 0 Å². The van der Waals surface area contributed by atoms with Crippen LogP contribution >= 0.6 is 0 Å². The molecule has 10 heteroatoms. The zero-order valence-corrected chi connectivity index (χ0v) is 17.1. The van der Waals surface area contributed by atoms with Crippen molar-refractivity contribution in [3.05, 3.63) is 59.2 Å². The lowest BCUT2D eigenvalue weighted by molar-refractivity contribution is -0.131. The maximum atomic E-state index is 14.1. The van der Waals surface area contributed by atoms with Gasteiger partial charge in [0.25, 0.3) is 11.8 Å². The van der Waals surface area contributed by atoms with Crippen LogP contribution in [-0.2, 0) is 21.2 Å². The molecule has 2 aromatic rings. The maximum absolute atomic E-state index is 14.1. The second kappa shape index (κ2) is 7.77. The number of hydrogen-bond acceptors (Lipinski definition) is 5. The number of carbonyl (C=O) groups is 2. The van der Waals surface area contributed by atoms with Crippen LogP contribution in [0.2, 0.25) is 0 Å². The van der Waals surface area contributed by atoms with Gasteiger partial charge in [0, 0.05) is 30.5 Å². The molecule has 1 atom stereocenters. The normalized spacial score (nSPS) is 15.6. The first-order valence-corrected chi connectivity index (χ1v) is 10.9. The number of nitrogens with zero attached hydrogens (tertiary/aromatic N) is 1. The monoisotopic (exact) mass is 438 g/mol. The van der Waals surface area contributed by atoms with Crippen LogP contribution in [0.1, 0.15) is 29.3 Å². The first kappa shape index (κ1) is 21.8. The van der Waals surface area contributed by atoms with Gasteiger partial charge in [0.1, 0.15) is 11.6 Å². The van der Waals surface area contributed by atoms with Crippen molar-refractivity contribution in [2.45, 2.75) is 24.6 Å². The fourth-order valence-corrected chi connectivity index (χ4v) is 4.23. The minimum absolute atomic E-state index is 0.0613. The van der Waals surface area contributed by atoms with Crippen molar-refractivity contribution >= 4 is 21.7 Å². The molecular weight excluding hydrogens is 418 g/mol. The van der Waals surface area contributed by atoms with Gasteiger partial charge in [0.2, 0.25) is 0 Å². The number of hydrogen-bond donors (Lipinski definition) is 2. The van der Waals surface area contributed by atoms with Gasteiger partial charge in [0.05, 0.1) is 0 Å². The van der Waals surface area contributed by atoms with E-state index < -0.39 is 32.1 Å². The van der Waals surface area contributed by atoms with Gasteiger partial charge in [-0.1, -0.05) is 6.07 Å². The standard InChI is InChI=1S/C20H20F2N2O5S/c1-20(19(26)23-27,30(2,28)29)7-8-24-11-13-9-12(3-5-15(13)18(24)25)16-10-14(21)4-6-17(16)22/h3-6,9-10,27H,7-8,11H2,1-2H3,(H,23,26)/t20-/m1/s1. The van der Waals surface area contributed by atoms with Gasteiger partial charge in [-0.05, 0) is 54.8 Å². The molecule has 1 aliphatic rings. The van der Waals surface area contributed by atoms with Gasteiger partial charge in [-0.15, -0.1) is 0 Å². The Balaban J connectivity index is 1.84. The Morgan fingerprint density at radius 1 is 1.20 bits per heavy atom. The Labute approximate surface area is 172 Å². The Kier molecular flexibility index (Phi) is 5.66. The van der Waals surface area contributed by atoms with Crippen molar-refractivity contribution in [1.82, 2.24) is 10.4 Å². The Morgan fingerprint density at radius 2 is 1.90 bits per heavy atom. The number of hydroxylamine groups is 1. The lowest BCUT2D eigenvalue weighted by atomic mass is 10.00. The first-order chi connectivity index (χ1) is 14.0. The smallest absolute Gasteiger partial charge is 0.264 e. The summed E-state index contributed by atoms with van der Waals surface area (Å²) in [6.07, 6.45) is 0.645. The summed E-state index contributed by atoms with van der Waals surface area (Å²) in [5, 5.41) is 8.90. The van der Waals surface area contributed by atoms with Crippen LogP contribution in [0.5, 0.6) is 0 Å². The van der Waals surface area contributed by atoms with Gasteiger partial charge in [0.15, 0.2) is 14.6 Å². The summed E-state index contributed by atoms with van der Waals surface area (Å²) in [6.45, 7) is 1.24. The molecule has 0 bridgehead atoms. The van der Waals surface area contributed by atoms with Crippen molar-refractivity contribution in [2.24, 2.45) is 0 Å². The molecule has 2 aromatic carbocycles. The molecule has 3 rings (SSSR count). The van der Waals surface area contributed by atoms with Gasteiger partial charge in [-0.25, -0.2) is 22.7 Å². The summed E-state index contributed by atoms with van der Waals surface area (Å²) >= 11 is 0. The number of amides is 2. The molecule has 0 saturated heterocycles. The van der Waals surface area contributed by atoms with Crippen LogP contribution in [0.15, 0.2) is 36.4 Å². The van der Waals surface area contributed by atoms with Crippen molar-refractivity contribution in [1.29, 1.82) is 0 Å². The summed E-state index contributed by atoms with van der Waals surface area (Å²) < 4.78 is 49.8. The Bertz CT molecular complexity index is 1140. The molecule has 0 unspecified atom stereocenters. The molecule has 0 aliphatic carbocycles. The van der Waals surface area contributed by atoms with Crippen molar-refractivity contribution in [3.8, 4) is 11.1 Å². The quantitative estimate of drug-likeness (QED) is 0.532. The van der Waals surface area contributed by atoms with Gasteiger partial charge in [-0.2, -0.15) is 0 Å². The molecule has 7 nitrogen and oxygen atoms in total. The second-order valence-electron chi connectivity index (χ2n) is 7.42. The lowest BCUT2D eigenvalue weighted by Gasteiger charge is -2.27. The molecule has 1 aliphatic heterocycles. The van der Waals surface area contributed by atoms with E-state index in [0.29, 0.717) is 16.7 Å². The minimum atomic E-state index is -3.89. The molecule has 2 amide bonds. The van der Waals surface area contributed by atoms with Crippen molar-refractivity contribution < 1.29 is 32.0 Å². The minimum Gasteiger partial charge on any atom is -0.334 e. The van der Waals surface area contributed by atoms with E-state index in [9.17, 15) is 26.8 Å². The highest BCUT2D eigenvalue weighted by Gasteiger charge is 2.44. The van der Waals surface area contributed by atoms with E-state index in [1.54, 1.807) is 6.07 Å². The summed E-state index contributed by atoms with van der Waals surface area (Å²) in [4.78, 5) is 26.0. The summed E-state index contributed by atoms with van der Waals surface area (Å²) in [6, 6.07) is 7.70. The van der Waals surface area contributed by atoms with E-state index in [4.69, 9.17) is 5.21 Å². The second-order valence-corrected chi connectivity index (χ2v) is 9.86. The zero-order chi connectivity index (χ0) is 22.3. The number of halogens is 2. The number of benzene rings is 2. The molecule has 160 valence electrons. The highest BCUT2D eigenvalue weighted by molar-refractivity contribution is 7.92. The van der Waals surface area contributed by atoms with Crippen LogP contribution in [-0.4, -0.2) is 47.9 Å². The van der Waals surface area contributed by atoms with Crippen molar-refractivity contribution in [2.75, 3.05) is 12.8 Å². The number of fused-ring (bicyclic) bond motifs is 1. The van der Waals surface area contributed by atoms with E-state index in [2.05, 4.69) is 0 Å². The summed E-state index contributed by atoms with van der Waals surface area (Å²) in [7, 11) is -3.89. The Hall–Kier alpha value is -2.85. The fourth-order valence-electron chi connectivity index (χ4n) is 3.38. The molecule has 30 heavy (non-hydrogen) atoms. The highest BCUT2D eigenvalue weighted by Crippen LogP contribution is 2.31. The number of rotatable bonds is 6. The fraction of sp³-hybridized carbons (Fsp3) is 0.300. The van der Waals surface area contributed by atoms with Crippen molar-refractivity contribution in [3.63, 3.8) is 0 Å². The topological polar surface area (TPSA) is 104 Å². The predicted octanol–water partition coefficient (Wildman–Crippen LogP) is 2.29. The number of nitrogens with one attached hydrogen (secondary N) is 1. The third-order valence-electron chi connectivity index (χ3n) is 5.48. The SMILES string of the molecule is C[C@@](CCN1Cc2cc(-c3cc(F)ccc3F)ccc2C1=O)(C(=O)NO)S(C)(=O)=O. The molecular formula is C20H20F2N2O5S. The van der Waals surface area contributed by atoms with Crippen LogP contribution < -0.4 is 5.48 Å². The third-order valence-corrected chi connectivity index (χ3v) is 7.51. The first-order valence-electron chi connectivity index (χ1n) is 8.99. The van der Waals surface area contributed by atoms with Gasteiger partial charge < -0.3 is 4.90 Å².